The minimum Gasteiger partial charge on any atom is -0.0958 e. The summed E-state index contributed by atoms with van der Waals surface area (Å²) < 4.78 is 0. The lowest BCUT2D eigenvalue weighted by Crippen LogP contribution is -2.30. The van der Waals surface area contributed by atoms with Crippen LogP contribution in [0.3, 0.4) is 0 Å². The normalized spacial score (nSPS) is 25.9. The number of rotatable bonds is 0. The highest BCUT2D eigenvalue weighted by atomic mass is 28.3. The van der Waals surface area contributed by atoms with E-state index in [1.54, 1.807) is 5.57 Å². The molecule has 0 radical (unpaired) electrons. The summed E-state index contributed by atoms with van der Waals surface area (Å²) in [5.41, 5.74) is 4.07. The highest BCUT2D eigenvalue weighted by molar-refractivity contribution is 6.85. The van der Waals surface area contributed by atoms with Gasteiger partial charge in [0.2, 0.25) is 0 Å². The van der Waals surface area contributed by atoms with Gasteiger partial charge in [0.25, 0.3) is 0 Å². The molecule has 1 aliphatic heterocycles. The highest BCUT2D eigenvalue weighted by Gasteiger charge is 2.25. The Kier molecular flexibility index (Phi) is 0.888. The zero-order chi connectivity index (χ0) is 5.49. The third kappa shape index (κ3) is 0.941. The van der Waals surface area contributed by atoms with E-state index in [2.05, 4.69) is 25.7 Å². The molecule has 0 aromatic carbocycles. The van der Waals surface area contributed by atoms with Gasteiger partial charge < -0.3 is 0 Å². The first kappa shape index (κ1) is 5.10. The van der Waals surface area contributed by atoms with Gasteiger partial charge in [-0.1, -0.05) is 24.4 Å². The Balaban J connectivity index is 2.60. The van der Waals surface area contributed by atoms with Crippen LogP contribution in [-0.4, -0.2) is 8.07 Å². The molecule has 0 nitrogen and oxygen atoms in total. The minimum atomic E-state index is -0.676. The zero-order valence-electron chi connectivity index (χ0n) is 5.28. The van der Waals surface area contributed by atoms with Crippen LogP contribution in [0.15, 0.2) is 11.3 Å². The summed E-state index contributed by atoms with van der Waals surface area (Å²) >= 11 is 0. The summed E-state index contributed by atoms with van der Waals surface area (Å²) in [5, 5.41) is 0. The van der Waals surface area contributed by atoms with Gasteiger partial charge in [0.15, 0.2) is 0 Å². The topological polar surface area (TPSA) is 0 Å². The fraction of sp³-hybridized carbons (Fsp3) is 0.667. The van der Waals surface area contributed by atoms with Crippen LogP contribution in [0.4, 0.5) is 0 Å². The average Bonchev–Trinajstić information content (AvgIpc) is 1.27. The summed E-state index contributed by atoms with van der Waals surface area (Å²) in [5.74, 6) is 0. The third-order valence-corrected chi connectivity index (χ3v) is 4.11. The average molecular weight is 112 g/mol. The van der Waals surface area contributed by atoms with Crippen molar-refractivity contribution in [1.82, 2.24) is 0 Å². The second-order valence-corrected chi connectivity index (χ2v) is 7.78. The predicted octanol–water partition coefficient (Wildman–Crippen LogP) is 2.19. The molecule has 0 saturated carbocycles. The summed E-state index contributed by atoms with van der Waals surface area (Å²) in [4.78, 5) is 0. The Hall–Kier alpha value is -0.0431. The molecule has 1 rings (SSSR count). The lowest BCUT2D eigenvalue weighted by molar-refractivity contribution is 1.26. The van der Waals surface area contributed by atoms with Crippen LogP contribution in [0.2, 0.25) is 19.1 Å². The number of hydrogen-bond acceptors (Lipinski definition) is 0. The Morgan fingerprint density at radius 3 is 2.00 bits per heavy atom. The fourth-order valence-corrected chi connectivity index (χ4v) is 4.07. The maximum Gasteiger partial charge on any atom is 0.0755 e. The Morgan fingerprint density at radius 1 is 1.57 bits per heavy atom. The largest absolute Gasteiger partial charge is 0.0958 e. The van der Waals surface area contributed by atoms with E-state index in [4.69, 9.17) is 0 Å². The summed E-state index contributed by atoms with van der Waals surface area (Å²) in [7, 11) is -0.676. The Labute approximate surface area is 46.2 Å². The third-order valence-electron chi connectivity index (χ3n) is 1.37. The molecule has 0 N–H and O–H groups in total. The molecule has 1 heteroatoms. The van der Waals surface area contributed by atoms with Crippen LogP contribution in [0.5, 0.6) is 0 Å². The van der Waals surface area contributed by atoms with Crippen molar-refractivity contribution in [2.24, 2.45) is 0 Å². The summed E-state index contributed by atoms with van der Waals surface area (Å²) in [6, 6.07) is 1.44. The van der Waals surface area contributed by atoms with Crippen molar-refractivity contribution >= 4 is 8.07 Å². The molecule has 1 heterocycles. The van der Waals surface area contributed by atoms with Crippen LogP contribution in [0, 0.1) is 0 Å². The van der Waals surface area contributed by atoms with Crippen LogP contribution < -0.4 is 0 Å². The molecular weight excluding hydrogens is 100 g/mol. The second-order valence-electron chi connectivity index (χ2n) is 3.16. The summed E-state index contributed by atoms with van der Waals surface area (Å²) in [6.07, 6.45) is 0. The van der Waals surface area contributed by atoms with E-state index in [9.17, 15) is 0 Å². The smallest absolute Gasteiger partial charge is 0.0755 e. The molecule has 0 unspecified atom stereocenters. The molecule has 0 saturated heterocycles. The van der Waals surface area contributed by atoms with Crippen molar-refractivity contribution in [2.45, 2.75) is 26.1 Å². The van der Waals surface area contributed by atoms with Crippen LogP contribution in [-0.2, 0) is 0 Å². The van der Waals surface area contributed by atoms with E-state index < -0.39 is 8.07 Å². The molecule has 0 spiro atoms. The van der Waals surface area contributed by atoms with Crippen molar-refractivity contribution in [3.05, 3.63) is 11.3 Å². The van der Waals surface area contributed by atoms with Gasteiger partial charge in [-0.15, -0.1) is 0 Å². The maximum atomic E-state index is 2.47. The van der Waals surface area contributed by atoms with Crippen molar-refractivity contribution < 1.29 is 0 Å². The fourth-order valence-electron chi connectivity index (χ4n) is 1.36. The minimum absolute atomic E-state index is 0.676. The molecule has 0 bridgehead atoms. The van der Waals surface area contributed by atoms with Gasteiger partial charge in [0, 0.05) is 0 Å². The van der Waals surface area contributed by atoms with Crippen molar-refractivity contribution in [2.75, 3.05) is 0 Å². The van der Waals surface area contributed by atoms with Gasteiger partial charge >= 0.3 is 0 Å². The Morgan fingerprint density at radius 2 is 2.00 bits per heavy atom. The SMILES string of the molecule is CC1=C[Si](C)(C)C1. The molecule has 0 aromatic heterocycles. The van der Waals surface area contributed by atoms with E-state index in [0.29, 0.717) is 0 Å². The highest BCUT2D eigenvalue weighted by Crippen LogP contribution is 2.28. The first-order chi connectivity index (χ1) is 3.10. The van der Waals surface area contributed by atoms with Crippen LogP contribution in [0.1, 0.15) is 6.92 Å². The standard InChI is InChI=1S/C6H12Si/c1-6-4-7(2,3)5-6/h4H,5H2,1-3H3. The molecule has 0 aromatic rings. The number of hydrogen-bond donors (Lipinski definition) is 0. The van der Waals surface area contributed by atoms with Crippen molar-refractivity contribution in [1.29, 1.82) is 0 Å². The van der Waals surface area contributed by atoms with Crippen LogP contribution >= 0.6 is 0 Å². The van der Waals surface area contributed by atoms with Gasteiger partial charge in [-0.2, -0.15) is 0 Å². The predicted molar refractivity (Wildman–Crippen MR) is 36.0 cm³/mol. The second kappa shape index (κ2) is 1.22. The van der Waals surface area contributed by atoms with Gasteiger partial charge in [0.1, 0.15) is 0 Å². The van der Waals surface area contributed by atoms with E-state index >= 15 is 0 Å². The molecule has 0 atom stereocenters. The van der Waals surface area contributed by atoms with E-state index in [1.807, 2.05) is 0 Å². The van der Waals surface area contributed by atoms with E-state index in [1.165, 1.54) is 6.04 Å². The van der Waals surface area contributed by atoms with Crippen molar-refractivity contribution in [3.8, 4) is 0 Å². The lowest BCUT2D eigenvalue weighted by Gasteiger charge is -2.28. The molecule has 7 heavy (non-hydrogen) atoms. The van der Waals surface area contributed by atoms with Crippen LogP contribution in [0.25, 0.3) is 0 Å². The summed E-state index contributed by atoms with van der Waals surface area (Å²) in [6.45, 7) is 7.03. The molecule has 0 amide bonds. The number of allylic oxidation sites excluding steroid dienone is 1. The molecule has 0 fully saturated rings. The molecule has 0 aliphatic carbocycles. The van der Waals surface area contributed by atoms with Gasteiger partial charge in [-0.05, 0) is 13.0 Å². The molecule has 40 valence electrons. The quantitative estimate of drug-likeness (QED) is 0.421. The first-order valence-corrected chi connectivity index (χ1v) is 6.07. The van der Waals surface area contributed by atoms with Crippen molar-refractivity contribution in [3.63, 3.8) is 0 Å². The van der Waals surface area contributed by atoms with E-state index in [0.717, 1.165) is 0 Å². The van der Waals surface area contributed by atoms with Gasteiger partial charge in [-0.3, -0.25) is 0 Å². The lowest BCUT2D eigenvalue weighted by atomic mass is 10.4. The first-order valence-electron chi connectivity index (χ1n) is 2.78. The molecule has 1 aliphatic rings. The monoisotopic (exact) mass is 112 g/mol. The Bertz CT molecular complexity index is 111. The zero-order valence-corrected chi connectivity index (χ0v) is 6.28. The van der Waals surface area contributed by atoms with Gasteiger partial charge in [0.05, 0.1) is 8.07 Å². The molecular formula is C6H12Si. The van der Waals surface area contributed by atoms with E-state index in [-0.39, 0.29) is 0 Å². The maximum absolute atomic E-state index is 2.47. The van der Waals surface area contributed by atoms with Gasteiger partial charge in [-0.25, -0.2) is 0 Å².